The molecule has 1 atom stereocenters. The maximum atomic E-state index is 5.00. The first-order valence-electron chi connectivity index (χ1n) is 24.1. The fraction of sp³-hybridized carbons (Fsp3) is 0.0625. The van der Waals surface area contributed by atoms with Gasteiger partial charge in [-0.25, -0.2) is 0 Å². The number of fused-ring (bicyclic) bond motifs is 6. The van der Waals surface area contributed by atoms with E-state index >= 15 is 0 Å². The Labute approximate surface area is 407 Å². The number of hydrogen-bond acceptors (Lipinski definition) is 4. The van der Waals surface area contributed by atoms with E-state index in [1.807, 2.05) is 69.0 Å². The average Bonchev–Trinajstić information content (AvgIpc) is 3.96. The summed E-state index contributed by atoms with van der Waals surface area (Å²) in [6.07, 6.45) is 12.7. The van der Waals surface area contributed by atoms with E-state index < -0.39 is 0 Å². The fourth-order valence-corrected chi connectivity index (χ4v) is 10.4. The van der Waals surface area contributed by atoms with Crippen molar-refractivity contribution in [3.63, 3.8) is 0 Å². The van der Waals surface area contributed by atoms with E-state index in [1.165, 1.54) is 27.5 Å². The number of benzene rings is 7. The second kappa shape index (κ2) is 18.2. The van der Waals surface area contributed by atoms with E-state index in [1.54, 1.807) is 0 Å². The van der Waals surface area contributed by atoms with Crippen molar-refractivity contribution in [2.45, 2.75) is 26.3 Å². The van der Waals surface area contributed by atoms with Crippen molar-refractivity contribution in [3.8, 4) is 67.3 Å². The topological polar surface area (TPSA) is 60.9 Å². The Bertz CT molecular complexity index is 3950. The first-order valence-corrected chi connectivity index (χ1v) is 24.1. The lowest BCUT2D eigenvalue weighted by molar-refractivity contribution is 0.742. The normalized spacial score (nSPS) is 13.3. The van der Waals surface area contributed by atoms with Gasteiger partial charge in [0.1, 0.15) is 0 Å². The van der Waals surface area contributed by atoms with Gasteiger partial charge in [-0.3, -0.25) is 19.9 Å². The fourth-order valence-electron chi connectivity index (χ4n) is 10.4. The van der Waals surface area contributed by atoms with Crippen LogP contribution in [0, 0.1) is 0 Å². The summed E-state index contributed by atoms with van der Waals surface area (Å²) in [5.74, 6) is 0. The largest absolute Gasteiger partial charge is 0.309 e. The molecule has 1 aliphatic rings. The highest BCUT2D eigenvalue weighted by Gasteiger charge is 2.21. The van der Waals surface area contributed by atoms with Crippen LogP contribution in [0.1, 0.15) is 31.9 Å². The zero-order valence-electron chi connectivity index (χ0n) is 39.0. The number of dihydropyridines is 1. The van der Waals surface area contributed by atoms with E-state index in [4.69, 9.17) is 19.9 Å². The van der Waals surface area contributed by atoms with Gasteiger partial charge in [0.25, 0.3) is 0 Å². The van der Waals surface area contributed by atoms with Gasteiger partial charge in [0, 0.05) is 63.5 Å². The van der Waals surface area contributed by atoms with Gasteiger partial charge in [0.2, 0.25) is 0 Å². The smallest absolute Gasteiger partial charge is 0.0963 e. The Morgan fingerprint density at radius 1 is 0.400 bits per heavy atom. The van der Waals surface area contributed by atoms with E-state index in [-0.39, 0.29) is 6.04 Å². The third kappa shape index (κ3) is 7.38. The maximum absolute atomic E-state index is 5.00. The lowest BCUT2D eigenvalue weighted by Gasteiger charge is -2.17. The van der Waals surface area contributed by atoms with Crippen molar-refractivity contribution in [2.75, 3.05) is 0 Å². The first kappa shape index (κ1) is 42.4. The summed E-state index contributed by atoms with van der Waals surface area (Å²) in [7, 11) is 0. The summed E-state index contributed by atoms with van der Waals surface area (Å²) < 4.78 is 4.78. The first-order chi connectivity index (χ1) is 34.7. The number of rotatable bonds is 8. The van der Waals surface area contributed by atoms with Crippen LogP contribution in [0.2, 0.25) is 0 Å². The molecule has 334 valence electrons. The Kier molecular flexibility index (Phi) is 11.0. The zero-order valence-corrected chi connectivity index (χ0v) is 39.0. The number of nitrogens with zero attached hydrogens (tertiary/aromatic N) is 6. The molecule has 6 heteroatoms. The molecule has 0 aliphatic carbocycles. The lowest BCUT2D eigenvalue weighted by atomic mass is 9.92. The van der Waals surface area contributed by atoms with E-state index in [0.717, 1.165) is 95.5 Å². The summed E-state index contributed by atoms with van der Waals surface area (Å²) in [5.41, 5.74) is 19.7. The maximum Gasteiger partial charge on any atom is 0.0963 e. The van der Waals surface area contributed by atoms with Crippen LogP contribution in [0.3, 0.4) is 0 Å². The molecule has 13 rings (SSSR count). The van der Waals surface area contributed by atoms with Gasteiger partial charge in [-0.15, -0.1) is 0 Å². The van der Waals surface area contributed by atoms with Crippen LogP contribution in [0.25, 0.3) is 111 Å². The molecule has 0 radical (unpaired) electrons. The van der Waals surface area contributed by atoms with Crippen molar-refractivity contribution < 1.29 is 0 Å². The Hall–Kier alpha value is -9.00. The van der Waals surface area contributed by atoms with Crippen LogP contribution in [-0.2, 0) is 0 Å². The molecule has 0 amide bonds. The molecule has 1 unspecified atom stereocenters. The van der Waals surface area contributed by atoms with E-state index in [2.05, 4.69) is 191 Å². The second-order valence-corrected chi connectivity index (χ2v) is 17.3. The molecule has 12 aromatic rings. The molecule has 6 heterocycles. The van der Waals surface area contributed by atoms with Crippen LogP contribution in [0.4, 0.5) is 0 Å². The summed E-state index contributed by atoms with van der Waals surface area (Å²) in [5, 5.41) is 3.45. The van der Waals surface area contributed by atoms with Gasteiger partial charge < -0.3 is 9.13 Å². The van der Waals surface area contributed by atoms with Gasteiger partial charge in [-0.05, 0) is 142 Å². The molecule has 6 nitrogen and oxygen atoms in total. The summed E-state index contributed by atoms with van der Waals surface area (Å²) in [6.45, 7) is 4.00. The Balaban J connectivity index is 0.00000249. The third-order valence-corrected chi connectivity index (χ3v) is 13.5. The van der Waals surface area contributed by atoms with Crippen LogP contribution in [0.15, 0.2) is 236 Å². The molecule has 0 saturated carbocycles. The molecule has 0 bridgehead atoms. The standard InChI is InChI=1S/C62H42N6.C2H6/c1-4-20-49(55-23-7-10-33-63-55)46(17-1)41-27-30-58-52(37-41)53-38-42(47-18-2-5-21-50(47)56-24-8-11-34-64-56)28-31-59(53)67(58)44-15-13-16-45(40-44)68-60-32-29-43(39-54(60)62-61(68)26-14-36-66-62)48-19-3-6-22-51(48)57-25-9-12-35-65-57;1-2/h1-23,25-40,56H,24H2;1-2H3. The number of aromatic nitrogens is 5. The van der Waals surface area contributed by atoms with Crippen molar-refractivity contribution in [2.24, 2.45) is 4.99 Å². The quantitative estimate of drug-likeness (QED) is 0.153. The van der Waals surface area contributed by atoms with Gasteiger partial charge in [0.05, 0.1) is 45.0 Å². The zero-order chi connectivity index (χ0) is 47.0. The molecule has 5 aromatic heterocycles. The molecule has 7 aromatic carbocycles. The Morgan fingerprint density at radius 3 is 1.47 bits per heavy atom. The number of pyridine rings is 3. The molecular weight excluding hydrogens is 853 g/mol. The summed E-state index contributed by atoms with van der Waals surface area (Å²) in [6, 6.07) is 71.8. The van der Waals surface area contributed by atoms with Gasteiger partial charge in [-0.1, -0.05) is 129 Å². The number of hydrogen-bond donors (Lipinski definition) is 0. The van der Waals surface area contributed by atoms with Crippen molar-refractivity contribution in [3.05, 3.63) is 236 Å². The minimum Gasteiger partial charge on any atom is -0.309 e. The summed E-state index contributed by atoms with van der Waals surface area (Å²) >= 11 is 0. The van der Waals surface area contributed by atoms with Crippen molar-refractivity contribution in [1.29, 1.82) is 0 Å². The van der Waals surface area contributed by atoms with Gasteiger partial charge >= 0.3 is 0 Å². The van der Waals surface area contributed by atoms with Gasteiger partial charge in [-0.2, -0.15) is 0 Å². The highest BCUT2D eigenvalue weighted by molar-refractivity contribution is 6.12. The van der Waals surface area contributed by atoms with Crippen LogP contribution < -0.4 is 0 Å². The minimum atomic E-state index is 0.0794. The van der Waals surface area contributed by atoms with E-state index in [9.17, 15) is 0 Å². The van der Waals surface area contributed by atoms with Crippen LogP contribution in [0.5, 0.6) is 0 Å². The third-order valence-electron chi connectivity index (χ3n) is 13.5. The number of aliphatic imine (C=N–C) groups is 1. The molecule has 0 saturated heterocycles. The SMILES string of the molecule is C1=CCC(c2ccccc2-c2ccc3c(c2)c2cc(-c4ccccc4-c4ccccn4)ccc2n3-c2cccc(-n3c4ccc(-c5ccccc5-c5ccccn5)cc4c4ncccc43)c2)N=C1.CC. The highest BCUT2D eigenvalue weighted by atomic mass is 15.0. The predicted molar refractivity (Wildman–Crippen MR) is 292 cm³/mol. The Morgan fingerprint density at radius 2 is 0.900 bits per heavy atom. The molecule has 70 heavy (non-hydrogen) atoms. The average molecular weight is 901 g/mol. The molecular formula is C64H48N6. The van der Waals surface area contributed by atoms with Crippen molar-refractivity contribution >= 4 is 50.0 Å². The minimum absolute atomic E-state index is 0.0794. The monoisotopic (exact) mass is 900 g/mol. The van der Waals surface area contributed by atoms with E-state index in [0.29, 0.717) is 0 Å². The molecule has 0 N–H and O–H groups in total. The second-order valence-electron chi connectivity index (χ2n) is 17.3. The number of allylic oxidation sites excluding steroid dienone is 1. The van der Waals surface area contributed by atoms with Crippen LogP contribution >= 0.6 is 0 Å². The summed E-state index contributed by atoms with van der Waals surface area (Å²) in [4.78, 5) is 19.4. The van der Waals surface area contributed by atoms with Crippen LogP contribution in [-0.4, -0.2) is 30.3 Å². The molecule has 0 fully saturated rings. The van der Waals surface area contributed by atoms with Gasteiger partial charge in [0.15, 0.2) is 0 Å². The molecule has 0 spiro atoms. The lowest BCUT2D eigenvalue weighted by Crippen LogP contribution is -2.00. The predicted octanol–water partition coefficient (Wildman–Crippen LogP) is 16.5. The molecule has 1 aliphatic heterocycles. The van der Waals surface area contributed by atoms with Crippen molar-refractivity contribution in [1.82, 2.24) is 24.1 Å². The highest BCUT2D eigenvalue weighted by Crippen LogP contribution is 2.42.